The standard InChI is InChI=1S/C34H27ClIN3O7/c1-46-25-13-16(12-24(36)28(25)40)27-20-10-11-21-26(31(43)39(29(21)41)33(37)45)22(20)15-23-30(42)38(19-9-5-8-18(35)14-19)32(44)34(23,27)17-6-3-2-4-7-17/h2-10,12-14,21-23,26-27,40H,11,15H2,1H3,(H2,37,45)/t21-,22+,23-,26-,27-,34+/m0/s1. The average molecular weight is 752 g/mol. The number of aromatic hydroxyl groups is 1. The van der Waals surface area contributed by atoms with E-state index in [1.807, 2.05) is 46.9 Å². The van der Waals surface area contributed by atoms with Crippen molar-refractivity contribution in [2.24, 2.45) is 29.4 Å². The van der Waals surface area contributed by atoms with Crippen molar-refractivity contribution in [2.75, 3.05) is 12.0 Å². The zero-order valence-electron chi connectivity index (χ0n) is 24.4. The summed E-state index contributed by atoms with van der Waals surface area (Å²) in [4.78, 5) is 70.8. The third-order valence-corrected chi connectivity index (χ3v) is 11.0. The Hall–Kier alpha value is -4.23. The Morgan fingerprint density at radius 3 is 2.41 bits per heavy atom. The van der Waals surface area contributed by atoms with Gasteiger partial charge in [-0.05, 0) is 82.8 Å². The van der Waals surface area contributed by atoms with Crippen LogP contribution in [0.1, 0.15) is 29.9 Å². The molecule has 46 heavy (non-hydrogen) atoms. The summed E-state index contributed by atoms with van der Waals surface area (Å²) in [5.41, 5.74) is 6.18. The smallest absolute Gasteiger partial charge is 0.328 e. The number of hydrogen-bond acceptors (Lipinski definition) is 7. The molecule has 3 fully saturated rings. The number of amides is 6. The van der Waals surface area contributed by atoms with Crippen LogP contribution in [0.5, 0.6) is 11.5 Å². The lowest BCUT2D eigenvalue weighted by Crippen LogP contribution is -2.53. The second-order valence-corrected chi connectivity index (χ2v) is 13.6. The molecule has 3 aromatic carbocycles. The summed E-state index contributed by atoms with van der Waals surface area (Å²) in [6, 6.07) is 17.8. The molecule has 0 radical (unpaired) electrons. The van der Waals surface area contributed by atoms with Crippen molar-refractivity contribution >= 4 is 69.5 Å². The third kappa shape index (κ3) is 4.10. The monoisotopic (exact) mass is 751 g/mol. The van der Waals surface area contributed by atoms with Crippen LogP contribution in [0.25, 0.3) is 0 Å². The molecular weight excluding hydrogens is 725 g/mol. The molecule has 12 heteroatoms. The van der Waals surface area contributed by atoms with Gasteiger partial charge in [0.05, 0.1) is 39.5 Å². The fraction of sp³-hybridized carbons (Fsp3) is 0.265. The first kappa shape index (κ1) is 30.4. The Bertz CT molecular complexity index is 1900. The van der Waals surface area contributed by atoms with Crippen LogP contribution in [0.2, 0.25) is 5.02 Å². The van der Waals surface area contributed by atoms with Gasteiger partial charge in [-0.25, -0.2) is 9.69 Å². The molecule has 6 atom stereocenters. The Balaban J connectivity index is 1.53. The summed E-state index contributed by atoms with van der Waals surface area (Å²) in [5.74, 6) is -6.44. The number of rotatable bonds is 4. The largest absolute Gasteiger partial charge is 0.504 e. The summed E-state index contributed by atoms with van der Waals surface area (Å²) in [7, 11) is 1.42. The maximum Gasteiger partial charge on any atom is 0.328 e. The summed E-state index contributed by atoms with van der Waals surface area (Å²) in [6.07, 6.45) is 2.08. The van der Waals surface area contributed by atoms with Crippen molar-refractivity contribution in [3.05, 3.63) is 98.1 Å². The van der Waals surface area contributed by atoms with Gasteiger partial charge in [0.15, 0.2) is 11.5 Å². The van der Waals surface area contributed by atoms with Gasteiger partial charge >= 0.3 is 6.03 Å². The molecular formula is C34H27ClIN3O7. The predicted octanol–water partition coefficient (Wildman–Crippen LogP) is 4.90. The van der Waals surface area contributed by atoms with E-state index in [-0.39, 0.29) is 24.3 Å². The molecule has 3 N–H and O–H groups in total. The number of nitrogens with zero attached hydrogens (tertiary/aromatic N) is 2. The summed E-state index contributed by atoms with van der Waals surface area (Å²) in [6.45, 7) is 0. The number of anilines is 1. The van der Waals surface area contributed by atoms with Gasteiger partial charge in [0, 0.05) is 10.9 Å². The molecule has 6 amide bonds. The van der Waals surface area contributed by atoms with E-state index in [1.165, 1.54) is 12.0 Å². The molecule has 0 aromatic heterocycles. The highest BCUT2D eigenvalue weighted by Crippen LogP contribution is 2.65. The topological polar surface area (TPSA) is 147 Å². The van der Waals surface area contributed by atoms with Crippen molar-refractivity contribution in [2.45, 2.75) is 24.2 Å². The van der Waals surface area contributed by atoms with Crippen LogP contribution in [0.3, 0.4) is 0 Å². The van der Waals surface area contributed by atoms with Crippen LogP contribution in [-0.2, 0) is 24.6 Å². The van der Waals surface area contributed by atoms with Crippen LogP contribution < -0.4 is 15.4 Å². The van der Waals surface area contributed by atoms with Crippen LogP contribution in [0, 0.1) is 27.2 Å². The lowest BCUT2D eigenvalue weighted by molar-refractivity contribution is -0.136. The van der Waals surface area contributed by atoms with E-state index in [0.717, 1.165) is 0 Å². The SMILES string of the molecule is COc1cc([C@H]2C3=CC[C@@H]4C(=O)N(C(N)=O)C(=O)[C@@H]4[C@@H]3C[C@H]3C(=O)N(c4cccc(Cl)c4)C(=O)[C@@]23c2ccccc2)cc(I)c1O. The highest BCUT2D eigenvalue weighted by Gasteiger charge is 2.70. The average Bonchev–Trinajstić information content (AvgIpc) is 3.43. The summed E-state index contributed by atoms with van der Waals surface area (Å²) < 4.78 is 5.98. The maximum atomic E-state index is 15.2. The number of urea groups is 1. The second kappa shape index (κ2) is 10.9. The van der Waals surface area contributed by atoms with Crippen molar-refractivity contribution in [3.8, 4) is 11.5 Å². The molecule has 0 bridgehead atoms. The van der Waals surface area contributed by atoms with E-state index in [4.69, 9.17) is 22.1 Å². The number of methoxy groups -OCH3 is 1. The first-order chi connectivity index (χ1) is 22.0. The van der Waals surface area contributed by atoms with Gasteiger partial charge < -0.3 is 15.6 Å². The van der Waals surface area contributed by atoms with Crippen molar-refractivity contribution < 1.29 is 33.8 Å². The fourth-order valence-electron chi connectivity index (χ4n) is 8.25. The second-order valence-electron chi connectivity index (χ2n) is 12.0. The molecule has 0 spiro atoms. The quantitative estimate of drug-likeness (QED) is 0.219. The highest BCUT2D eigenvalue weighted by molar-refractivity contribution is 14.1. The van der Waals surface area contributed by atoms with Gasteiger partial charge in [-0.1, -0.05) is 59.6 Å². The number of nitrogens with two attached hydrogens (primary N) is 1. The van der Waals surface area contributed by atoms with E-state index < -0.39 is 64.7 Å². The first-order valence-corrected chi connectivity index (χ1v) is 16.1. The van der Waals surface area contributed by atoms with E-state index in [1.54, 1.807) is 48.5 Å². The number of hydrogen-bond donors (Lipinski definition) is 2. The highest BCUT2D eigenvalue weighted by atomic mass is 127. The van der Waals surface area contributed by atoms with Crippen molar-refractivity contribution in [1.29, 1.82) is 0 Å². The number of benzene rings is 3. The molecule has 2 heterocycles. The first-order valence-electron chi connectivity index (χ1n) is 14.6. The van der Waals surface area contributed by atoms with Gasteiger partial charge in [-0.2, -0.15) is 4.90 Å². The van der Waals surface area contributed by atoms with Gasteiger partial charge in [-0.3, -0.25) is 19.2 Å². The van der Waals surface area contributed by atoms with E-state index in [9.17, 15) is 24.3 Å². The number of carbonyl (C=O) groups is 5. The molecule has 10 nitrogen and oxygen atoms in total. The molecule has 234 valence electrons. The third-order valence-electron chi connectivity index (χ3n) is 9.99. The molecule has 2 aliphatic carbocycles. The number of phenols is 1. The van der Waals surface area contributed by atoms with Crippen molar-refractivity contribution in [3.63, 3.8) is 0 Å². The minimum Gasteiger partial charge on any atom is -0.504 e. The molecule has 4 aliphatic rings. The minimum absolute atomic E-state index is 0.0674. The Morgan fingerprint density at radius 1 is 1.00 bits per heavy atom. The van der Waals surface area contributed by atoms with Gasteiger partial charge in [0.2, 0.25) is 23.6 Å². The molecule has 0 unspecified atom stereocenters. The zero-order valence-corrected chi connectivity index (χ0v) is 27.3. The van der Waals surface area contributed by atoms with E-state index in [2.05, 4.69) is 0 Å². The van der Waals surface area contributed by atoms with Gasteiger partial charge in [0.25, 0.3) is 0 Å². The van der Waals surface area contributed by atoms with Crippen LogP contribution in [0.15, 0.2) is 78.4 Å². The zero-order chi connectivity index (χ0) is 32.7. The summed E-state index contributed by atoms with van der Waals surface area (Å²) >= 11 is 8.32. The number of primary amides is 1. The van der Waals surface area contributed by atoms with Gasteiger partial charge in [-0.15, -0.1) is 0 Å². The molecule has 3 aromatic rings. The number of carbonyl (C=O) groups excluding carboxylic acids is 5. The number of allylic oxidation sites excluding steroid dienone is 2. The fourth-order valence-corrected chi connectivity index (χ4v) is 9.06. The maximum absolute atomic E-state index is 15.2. The van der Waals surface area contributed by atoms with Crippen LogP contribution >= 0.6 is 34.2 Å². The number of likely N-dealkylation sites (tertiary alicyclic amines) is 1. The number of halogens is 2. The number of fused-ring (bicyclic) bond motifs is 4. The van der Waals surface area contributed by atoms with Crippen LogP contribution in [-0.4, -0.2) is 46.8 Å². The Kier molecular flexibility index (Phi) is 7.24. The van der Waals surface area contributed by atoms with Crippen LogP contribution in [0.4, 0.5) is 10.5 Å². The van der Waals surface area contributed by atoms with Crippen molar-refractivity contribution in [1.82, 2.24) is 4.90 Å². The Labute approximate surface area is 282 Å². The Morgan fingerprint density at radius 2 is 1.74 bits per heavy atom. The van der Waals surface area contributed by atoms with Gasteiger partial charge in [0.1, 0.15) is 0 Å². The normalized spacial score (nSPS) is 28.5. The molecule has 2 saturated heterocycles. The minimum atomic E-state index is -1.49. The van der Waals surface area contributed by atoms with E-state index >= 15 is 4.79 Å². The summed E-state index contributed by atoms with van der Waals surface area (Å²) in [5, 5.41) is 11.1. The lowest BCUT2D eigenvalue weighted by atomic mass is 9.49. The number of phenolic OH excluding ortho intramolecular Hbond substituents is 1. The van der Waals surface area contributed by atoms with E-state index in [0.29, 0.717) is 35.9 Å². The molecule has 7 rings (SSSR count). The molecule has 2 aliphatic heterocycles. The predicted molar refractivity (Wildman–Crippen MR) is 175 cm³/mol. The number of imide groups is 4. The number of ether oxygens (including phenoxy) is 1. The lowest BCUT2D eigenvalue weighted by Gasteiger charge is -2.50. The molecule has 1 saturated carbocycles.